The number of H-pyrrole nitrogens is 1. The van der Waals surface area contributed by atoms with Crippen molar-refractivity contribution in [2.75, 3.05) is 32.6 Å². The van der Waals surface area contributed by atoms with Crippen molar-refractivity contribution in [2.24, 2.45) is 5.92 Å². The van der Waals surface area contributed by atoms with Gasteiger partial charge in [0.2, 0.25) is 11.8 Å². The minimum Gasteiger partial charge on any atom is -0.497 e. The van der Waals surface area contributed by atoms with Gasteiger partial charge in [-0.3, -0.25) is 9.59 Å². The number of methoxy groups -OCH3 is 2. The molecule has 1 aromatic heterocycles. The van der Waals surface area contributed by atoms with Gasteiger partial charge < -0.3 is 24.7 Å². The maximum Gasteiger partial charge on any atom is 0.229 e. The Hall–Kier alpha value is -3.19. The number of aromatic amines is 1. The van der Waals surface area contributed by atoms with Crippen LogP contribution in [0.5, 0.6) is 11.5 Å². The Morgan fingerprint density at radius 3 is 2.84 bits per heavy atom. The van der Waals surface area contributed by atoms with Crippen LogP contribution in [0, 0.1) is 5.92 Å². The molecule has 3 aromatic rings. The zero-order valence-electron chi connectivity index (χ0n) is 17.4. The first-order valence-electron chi connectivity index (χ1n) is 10.0. The Morgan fingerprint density at radius 1 is 1.23 bits per heavy atom. The number of benzene rings is 2. The zero-order valence-corrected chi connectivity index (χ0v) is 18.2. The van der Waals surface area contributed by atoms with Crippen LogP contribution in [0.3, 0.4) is 0 Å². The predicted octanol–water partition coefficient (Wildman–Crippen LogP) is 3.87. The fourth-order valence-electron chi connectivity index (χ4n) is 3.91. The standard InChI is InChI=1S/C23H24ClN3O4/c1-30-17-4-6-20(21(11-17)31-2)26-23(29)15-9-22(28)27(13-15)8-7-14-12-25-19-5-3-16(24)10-18(14)19/h3-6,10-12,15,25H,7-9,13H2,1-2H3,(H,26,29)/t15-/m0/s1. The maximum atomic E-state index is 12.8. The lowest BCUT2D eigenvalue weighted by atomic mass is 10.1. The van der Waals surface area contributed by atoms with E-state index in [-0.39, 0.29) is 18.2 Å². The predicted molar refractivity (Wildman–Crippen MR) is 120 cm³/mol. The van der Waals surface area contributed by atoms with Gasteiger partial charge in [0.25, 0.3) is 0 Å². The molecule has 31 heavy (non-hydrogen) atoms. The highest BCUT2D eigenvalue weighted by Gasteiger charge is 2.34. The van der Waals surface area contributed by atoms with Crippen molar-refractivity contribution >= 4 is 40.0 Å². The van der Waals surface area contributed by atoms with Crippen molar-refractivity contribution in [1.82, 2.24) is 9.88 Å². The van der Waals surface area contributed by atoms with E-state index in [1.165, 1.54) is 7.11 Å². The van der Waals surface area contributed by atoms with E-state index in [0.717, 1.165) is 16.5 Å². The third kappa shape index (κ3) is 4.46. The molecule has 8 heteroatoms. The number of anilines is 1. The summed E-state index contributed by atoms with van der Waals surface area (Å²) in [4.78, 5) is 30.3. The van der Waals surface area contributed by atoms with Gasteiger partial charge in [0.05, 0.1) is 25.8 Å². The van der Waals surface area contributed by atoms with Crippen LogP contribution in [-0.2, 0) is 16.0 Å². The number of amides is 2. The topological polar surface area (TPSA) is 83.7 Å². The Bertz CT molecular complexity index is 1130. The molecule has 0 bridgehead atoms. The molecular weight excluding hydrogens is 418 g/mol. The number of nitrogens with one attached hydrogen (secondary N) is 2. The van der Waals surface area contributed by atoms with Crippen LogP contribution in [0.4, 0.5) is 5.69 Å². The molecule has 2 N–H and O–H groups in total. The molecule has 162 valence electrons. The number of aromatic nitrogens is 1. The molecule has 2 heterocycles. The quantitative estimate of drug-likeness (QED) is 0.583. The van der Waals surface area contributed by atoms with E-state index in [1.54, 1.807) is 30.2 Å². The van der Waals surface area contributed by atoms with E-state index in [0.29, 0.717) is 41.7 Å². The highest BCUT2D eigenvalue weighted by Crippen LogP contribution is 2.30. The molecule has 0 spiro atoms. The number of hydrogen-bond acceptors (Lipinski definition) is 4. The van der Waals surface area contributed by atoms with Crippen molar-refractivity contribution in [1.29, 1.82) is 0 Å². The van der Waals surface area contributed by atoms with Gasteiger partial charge in [0.1, 0.15) is 11.5 Å². The first-order chi connectivity index (χ1) is 15.0. The summed E-state index contributed by atoms with van der Waals surface area (Å²) in [6.45, 7) is 0.945. The summed E-state index contributed by atoms with van der Waals surface area (Å²) in [6, 6.07) is 10.9. The van der Waals surface area contributed by atoms with Crippen molar-refractivity contribution in [3.05, 3.63) is 53.2 Å². The summed E-state index contributed by atoms with van der Waals surface area (Å²) in [7, 11) is 3.10. The van der Waals surface area contributed by atoms with Gasteiger partial charge in [-0.15, -0.1) is 0 Å². The monoisotopic (exact) mass is 441 g/mol. The first-order valence-corrected chi connectivity index (χ1v) is 10.4. The molecule has 0 unspecified atom stereocenters. The molecule has 0 saturated carbocycles. The Kier molecular flexibility index (Phi) is 6.04. The molecule has 1 aliphatic rings. The molecule has 0 aliphatic carbocycles. The Morgan fingerprint density at radius 2 is 2.06 bits per heavy atom. The van der Waals surface area contributed by atoms with Crippen LogP contribution in [0.2, 0.25) is 5.02 Å². The average molecular weight is 442 g/mol. The number of hydrogen-bond donors (Lipinski definition) is 2. The van der Waals surface area contributed by atoms with Crippen molar-refractivity contribution < 1.29 is 19.1 Å². The number of carbonyl (C=O) groups is 2. The molecule has 7 nitrogen and oxygen atoms in total. The van der Waals surface area contributed by atoms with Gasteiger partial charge in [-0.1, -0.05) is 11.6 Å². The molecular formula is C23H24ClN3O4. The third-order valence-corrected chi connectivity index (χ3v) is 5.87. The number of fused-ring (bicyclic) bond motifs is 1. The second-order valence-corrected chi connectivity index (χ2v) is 7.99. The van der Waals surface area contributed by atoms with E-state index < -0.39 is 5.92 Å². The minimum atomic E-state index is -0.406. The molecule has 0 radical (unpaired) electrons. The largest absolute Gasteiger partial charge is 0.497 e. The normalized spacial score (nSPS) is 16.0. The van der Waals surface area contributed by atoms with E-state index in [1.807, 2.05) is 24.4 Å². The van der Waals surface area contributed by atoms with Crippen LogP contribution < -0.4 is 14.8 Å². The van der Waals surface area contributed by atoms with Gasteiger partial charge in [0.15, 0.2) is 0 Å². The third-order valence-electron chi connectivity index (χ3n) is 5.63. The first kappa shape index (κ1) is 21.1. The van der Waals surface area contributed by atoms with Gasteiger partial charge in [-0.05, 0) is 42.3 Å². The molecule has 1 fully saturated rings. The summed E-state index contributed by atoms with van der Waals surface area (Å²) >= 11 is 6.12. The lowest BCUT2D eigenvalue weighted by Gasteiger charge is -2.17. The SMILES string of the molecule is COc1ccc(NC(=O)[C@H]2CC(=O)N(CCc3c[nH]c4ccc(Cl)cc34)C2)c(OC)c1. The van der Waals surface area contributed by atoms with E-state index in [9.17, 15) is 9.59 Å². The van der Waals surface area contributed by atoms with Crippen LogP contribution >= 0.6 is 11.6 Å². The number of ether oxygens (including phenoxy) is 2. The summed E-state index contributed by atoms with van der Waals surface area (Å²) < 4.78 is 10.5. The van der Waals surface area contributed by atoms with Crippen molar-refractivity contribution in [3.63, 3.8) is 0 Å². The van der Waals surface area contributed by atoms with Crippen molar-refractivity contribution in [2.45, 2.75) is 12.8 Å². The summed E-state index contributed by atoms with van der Waals surface area (Å²) in [6.07, 6.45) is 2.83. The number of likely N-dealkylation sites (tertiary alicyclic amines) is 1. The van der Waals surface area contributed by atoms with Gasteiger partial charge >= 0.3 is 0 Å². The lowest BCUT2D eigenvalue weighted by Crippen LogP contribution is -2.30. The summed E-state index contributed by atoms with van der Waals surface area (Å²) in [5, 5.41) is 4.61. The Balaban J connectivity index is 1.38. The second kappa shape index (κ2) is 8.89. The van der Waals surface area contributed by atoms with Gasteiger partial charge in [-0.25, -0.2) is 0 Å². The van der Waals surface area contributed by atoms with Crippen LogP contribution in [0.15, 0.2) is 42.6 Å². The van der Waals surface area contributed by atoms with Gasteiger partial charge in [-0.2, -0.15) is 0 Å². The van der Waals surface area contributed by atoms with E-state index in [4.69, 9.17) is 21.1 Å². The van der Waals surface area contributed by atoms with Crippen LogP contribution in [0.25, 0.3) is 10.9 Å². The summed E-state index contributed by atoms with van der Waals surface area (Å²) in [5.74, 6) is 0.525. The number of halogens is 1. The fraction of sp³-hybridized carbons (Fsp3) is 0.304. The molecule has 4 rings (SSSR count). The second-order valence-electron chi connectivity index (χ2n) is 7.55. The maximum absolute atomic E-state index is 12.8. The lowest BCUT2D eigenvalue weighted by molar-refractivity contribution is -0.128. The fourth-order valence-corrected chi connectivity index (χ4v) is 4.09. The number of rotatable bonds is 7. The van der Waals surface area contributed by atoms with Crippen LogP contribution in [0.1, 0.15) is 12.0 Å². The molecule has 2 amide bonds. The highest BCUT2D eigenvalue weighted by atomic mass is 35.5. The van der Waals surface area contributed by atoms with E-state index >= 15 is 0 Å². The molecule has 1 saturated heterocycles. The number of carbonyl (C=O) groups excluding carboxylic acids is 2. The molecule has 1 aliphatic heterocycles. The van der Waals surface area contributed by atoms with Crippen molar-refractivity contribution in [3.8, 4) is 11.5 Å². The Labute approximate surface area is 185 Å². The average Bonchev–Trinajstić information content (AvgIpc) is 3.35. The van der Waals surface area contributed by atoms with Gasteiger partial charge in [0, 0.05) is 47.7 Å². The zero-order chi connectivity index (χ0) is 22.0. The smallest absolute Gasteiger partial charge is 0.229 e. The highest BCUT2D eigenvalue weighted by molar-refractivity contribution is 6.31. The minimum absolute atomic E-state index is 0.0141. The number of nitrogens with zero attached hydrogens (tertiary/aromatic N) is 1. The van der Waals surface area contributed by atoms with E-state index in [2.05, 4.69) is 10.3 Å². The summed E-state index contributed by atoms with van der Waals surface area (Å²) in [5.41, 5.74) is 2.66. The molecule has 1 atom stereocenters. The van der Waals surface area contributed by atoms with Crippen LogP contribution in [-0.4, -0.2) is 49.0 Å². The molecule has 2 aromatic carbocycles.